The fourth-order valence-electron chi connectivity index (χ4n) is 2.95. The quantitative estimate of drug-likeness (QED) is 0.394. The second-order valence-electron chi connectivity index (χ2n) is 6.26. The molecule has 0 aromatic heterocycles. The van der Waals surface area contributed by atoms with Crippen molar-refractivity contribution in [2.24, 2.45) is 0 Å². The van der Waals surface area contributed by atoms with Crippen LogP contribution in [-0.4, -0.2) is 17.7 Å². The third-order valence-corrected chi connectivity index (χ3v) is 4.35. The Kier molecular flexibility index (Phi) is 5.87. The van der Waals surface area contributed by atoms with E-state index in [-0.39, 0.29) is 0 Å². The topological polar surface area (TPSA) is 46.5 Å². The van der Waals surface area contributed by atoms with E-state index in [2.05, 4.69) is 5.73 Å². The number of hydrogen-bond acceptors (Lipinski definition) is 3. The lowest BCUT2D eigenvalue weighted by Gasteiger charge is -2.15. The summed E-state index contributed by atoms with van der Waals surface area (Å²) in [5.41, 5.74) is 5.49. The lowest BCUT2D eigenvalue weighted by molar-refractivity contribution is -0.138. The zero-order valence-corrected chi connectivity index (χ0v) is 15.5. The van der Waals surface area contributed by atoms with Crippen LogP contribution in [0.4, 0.5) is 0 Å². The Morgan fingerprint density at radius 1 is 1.00 bits per heavy atom. The highest BCUT2D eigenvalue weighted by atomic mass is 16.5. The van der Waals surface area contributed by atoms with Crippen LogP contribution in [0.15, 0.2) is 84.1 Å². The first-order valence-electron chi connectivity index (χ1n) is 8.97. The van der Waals surface area contributed by atoms with E-state index >= 15 is 0 Å². The van der Waals surface area contributed by atoms with Gasteiger partial charge >= 0.3 is 5.97 Å². The van der Waals surface area contributed by atoms with Crippen molar-refractivity contribution in [2.75, 3.05) is 6.61 Å². The van der Waals surface area contributed by atoms with Gasteiger partial charge < -0.3 is 9.84 Å². The molecule has 1 N–H and O–H groups in total. The van der Waals surface area contributed by atoms with Crippen molar-refractivity contribution in [3.63, 3.8) is 0 Å². The van der Waals surface area contributed by atoms with E-state index in [4.69, 9.17) is 4.74 Å². The summed E-state index contributed by atoms with van der Waals surface area (Å²) in [5, 5.41) is 13.2. The zero-order valence-electron chi connectivity index (χ0n) is 15.5. The molecule has 0 aliphatic carbocycles. The monoisotopic (exact) mass is 358 g/mol. The SMILES string of the molecule is CCOC(=O)C(C)=C=C(c1ccccc1)[C@@H](O)c1ccc2ccccc2c1. The molecule has 3 nitrogen and oxygen atoms in total. The smallest absolute Gasteiger partial charge is 0.341 e. The highest BCUT2D eigenvalue weighted by Crippen LogP contribution is 2.31. The van der Waals surface area contributed by atoms with Gasteiger partial charge in [0.15, 0.2) is 0 Å². The van der Waals surface area contributed by atoms with Gasteiger partial charge in [0, 0.05) is 5.57 Å². The first-order chi connectivity index (χ1) is 13.1. The summed E-state index contributed by atoms with van der Waals surface area (Å²) in [6.45, 7) is 3.71. The van der Waals surface area contributed by atoms with Crippen LogP contribution in [0.25, 0.3) is 16.3 Å². The number of rotatable bonds is 5. The maximum absolute atomic E-state index is 12.0. The molecule has 1 atom stereocenters. The van der Waals surface area contributed by atoms with E-state index < -0.39 is 12.1 Å². The van der Waals surface area contributed by atoms with Gasteiger partial charge in [-0.2, -0.15) is 0 Å². The third kappa shape index (κ3) is 4.35. The van der Waals surface area contributed by atoms with Crippen LogP contribution < -0.4 is 0 Å². The maximum Gasteiger partial charge on any atom is 0.341 e. The van der Waals surface area contributed by atoms with Gasteiger partial charge in [-0.1, -0.05) is 66.7 Å². The van der Waals surface area contributed by atoms with E-state index in [1.54, 1.807) is 13.8 Å². The van der Waals surface area contributed by atoms with Crippen molar-refractivity contribution in [3.8, 4) is 0 Å². The molecule has 136 valence electrons. The van der Waals surface area contributed by atoms with Gasteiger partial charge in [0.05, 0.1) is 12.2 Å². The molecule has 27 heavy (non-hydrogen) atoms. The molecule has 0 unspecified atom stereocenters. The number of aliphatic hydroxyl groups is 1. The number of carbonyl (C=O) groups excluding carboxylic acids is 1. The third-order valence-electron chi connectivity index (χ3n) is 4.35. The number of hydrogen-bond donors (Lipinski definition) is 1. The highest BCUT2D eigenvalue weighted by Gasteiger charge is 2.17. The summed E-state index contributed by atoms with van der Waals surface area (Å²) in [6, 6.07) is 23.3. The molecule has 0 bridgehead atoms. The fraction of sp³-hybridized carbons (Fsp3) is 0.167. The first kappa shape index (κ1) is 18.7. The summed E-state index contributed by atoms with van der Waals surface area (Å²) in [4.78, 5) is 12.0. The molecule has 3 rings (SSSR count). The average Bonchev–Trinajstić information content (AvgIpc) is 2.71. The molecule has 0 aliphatic heterocycles. The van der Waals surface area contributed by atoms with Gasteiger partial charge in [-0.05, 0) is 41.8 Å². The van der Waals surface area contributed by atoms with Gasteiger partial charge in [-0.25, -0.2) is 4.79 Å². The van der Waals surface area contributed by atoms with E-state index in [9.17, 15) is 9.90 Å². The van der Waals surface area contributed by atoms with Crippen LogP contribution in [0.1, 0.15) is 31.1 Å². The molecule has 0 fully saturated rings. The number of aliphatic hydroxyl groups excluding tert-OH is 1. The second-order valence-corrected chi connectivity index (χ2v) is 6.26. The standard InChI is InChI=1S/C24H22O3/c1-3-27-24(26)17(2)15-22(19-10-5-4-6-11-19)23(25)21-14-13-18-9-7-8-12-20(18)16-21/h4-14,16,23,25H,3H2,1-2H3/t15?,23-/m0/s1. The van der Waals surface area contributed by atoms with Crippen LogP contribution in [0.3, 0.4) is 0 Å². The molecule has 3 aromatic rings. The molecular formula is C24H22O3. The van der Waals surface area contributed by atoms with Crippen molar-refractivity contribution in [3.05, 3.63) is 95.2 Å². The predicted octanol–water partition coefficient (Wildman–Crippen LogP) is 5.07. The van der Waals surface area contributed by atoms with E-state index in [1.165, 1.54) is 0 Å². The molecular weight excluding hydrogens is 336 g/mol. The van der Waals surface area contributed by atoms with Crippen molar-refractivity contribution in [1.82, 2.24) is 0 Å². The largest absolute Gasteiger partial charge is 0.462 e. The van der Waals surface area contributed by atoms with Gasteiger partial charge in [0.2, 0.25) is 0 Å². The van der Waals surface area contributed by atoms with E-state index in [0.717, 1.165) is 21.9 Å². The van der Waals surface area contributed by atoms with E-state index in [0.29, 0.717) is 17.8 Å². The number of esters is 1. The summed E-state index contributed by atoms with van der Waals surface area (Å²) in [5.74, 6) is -0.434. The number of fused-ring (bicyclic) bond motifs is 1. The average molecular weight is 358 g/mol. The predicted molar refractivity (Wildman–Crippen MR) is 108 cm³/mol. The number of benzene rings is 3. The van der Waals surface area contributed by atoms with Crippen LogP contribution in [-0.2, 0) is 9.53 Å². The van der Waals surface area contributed by atoms with E-state index in [1.807, 2.05) is 72.8 Å². The molecule has 0 heterocycles. The van der Waals surface area contributed by atoms with Crippen LogP contribution in [0, 0.1) is 0 Å². The Bertz CT molecular complexity index is 1010. The van der Waals surface area contributed by atoms with Crippen molar-refractivity contribution >= 4 is 22.3 Å². The molecule has 0 spiro atoms. The van der Waals surface area contributed by atoms with Gasteiger partial charge in [0.25, 0.3) is 0 Å². The Labute approximate surface area is 159 Å². The van der Waals surface area contributed by atoms with Crippen LogP contribution >= 0.6 is 0 Å². The number of ether oxygens (including phenoxy) is 1. The lowest BCUT2D eigenvalue weighted by atomic mass is 9.94. The molecule has 3 heteroatoms. The maximum atomic E-state index is 12.0. The van der Waals surface area contributed by atoms with Crippen molar-refractivity contribution in [1.29, 1.82) is 0 Å². The Morgan fingerprint density at radius 3 is 2.37 bits per heavy atom. The normalized spacial score (nSPS) is 11.5. The summed E-state index contributed by atoms with van der Waals surface area (Å²) < 4.78 is 5.05. The zero-order chi connectivity index (χ0) is 19.2. The van der Waals surface area contributed by atoms with Gasteiger partial charge in [-0.15, -0.1) is 5.73 Å². The molecule has 0 saturated carbocycles. The fourth-order valence-corrected chi connectivity index (χ4v) is 2.95. The summed E-state index contributed by atoms with van der Waals surface area (Å²) >= 11 is 0. The molecule has 0 radical (unpaired) electrons. The van der Waals surface area contributed by atoms with Gasteiger partial charge in [0.1, 0.15) is 6.10 Å². The summed E-state index contributed by atoms with van der Waals surface area (Å²) in [7, 11) is 0. The number of carbonyl (C=O) groups is 1. The molecule has 0 amide bonds. The Hall–Kier alpha value is -3.13. The molecule has 3 aromatic carbocycles. The minimum absolute atomic E-state index is 0.297. The minimum atomic E-state index is -0.915. The first-order valence-corrected chi connectivity index (χ1v) is 8.97. The van der Waals surface area contributed by atoms with Crippen LogP contribution in [0.5, 0.6) is 0 Å². The minimum Gasteiger partial charge on any atom is -0.462 e. The molecule has 0 saturated heterocycles. The lowest BCUT2D eigenvalue weighted by Crippen LogP contribution is -2.06. The Balaban J connectivity index is 2.11. The second kappa shape index (κ2) is 8.50. The van der Waals surface area contributed by atoms with Gasteiger partial charge in [-0.3, -0.25) is 0 Å². The Morgan fingerprint density at radius 2 is 1.67 bits per heavy atom. The van der Waals surface area contributed by atoms with Crippen molar-refractivity contribution < 1.29 is 14.6 Å². The van der Waals surface area contributed by atoms with Crippen molar-refractivity contribution in [2.45, 2.75) is 20.0 Å². The van der Waals surface area contributed by atoms with Crippen LogP contribution in [0.2, 0.25) is 0 Å². The molecule has 0 aliphatic rings. The highest BCUT2D eigenvalue weighted by molar-refractivity contribution is 5.89. The summed E-state index contributed by atoms with van der Waals surface area (Å²) in [6.07, 6.45) is -0.915.